The maximum absolute atomic E-state index is 9.77. The number of halogens is 1. The van der Waals surface area contributed by atoms with Gasteiger partial charge >= 0.3 is 0 Å². The number of aliphatic hydroxyl groups excluding tert-OH is 1. The summed E-state index contributed by atoms with van der Waals surface area (Å²) >= 11 is 6.17. The van der Waals surface area contributed by atoms with Gasteiger partial charge in [-0.05, 0) is 20.8 Å². The molecule has 1 aromatic rings. The van der Waals surface area contributed by atoms with Gasteiger partial charge in [0.05, 0.1) is 25.3 Å². The first-order valence-electron chi connectivity index (χ1n) is 5.04. The summed E-state index contributed by atoms with van der Waals surface area (Å²) < 4.78 is 10.5. The quantitative estimate of drug-likeness (QED) is 0.888. The summed E-state index contributed by atoms with van der Waals surface area (Å²) in [5, 5.41) is 10.3. The van der Waals surface area contributed by atoms with Crippen molar-refractivity contribution in [2.75, 3.05) is 14.2 Å². The summed E-state index contributed by atoms with van der Waals surface area (Å²) in [6, 6.07) is 0. The van der Waals surface area contributed by atoms with E-state index in [9.17, 15) is 5.11 Å². The lowest BCUT2D eigenvalue weighted by Crippen LogP contribution is -2.04. The van der Waals surface area contributed by atoms with Crippen LogP contribution in [0.3, 0.4) is 0 Å². The van der Waals surface area contributed by atoms with E-state index in [1.54, 1.807) is 21.1 Å². The minimum Gasteiger partial charge on any atom is -0.496 e. The lowest BCUT2D eigenvalue weighted by molar-refractivity contribution is 0.192. The van der Waals surface area contributed by atoms with E-state index in [0.29, 0.717) is 16.5 Å². The monoisotopic (exact) mass is 244 g/mol. The SMILES string of the molecule is COc1c(C)c(C(C)O)c(OC)c(C)c1Cl. The molecule has 0 aliphatic rings. The van der Waals surface area contributed by atoms with Gasteiger partial charge < -0.3 is 14.6 Å². The van der Waals surface area contributed by atoms with Crippen LogP contribution >= 0.6 is 11.6 Å². The van der Waals surface area contributed by atoms with Crippen LogP contribution in [0.1, 0.15) is 29.7 Å². The molecule has 0 bridgehead atoms. The van der Waals surface area contributed by atoms with E-state index in [1.807, 2.05) is 13.8 Å². The second-order valence-corrected chi connectivity index (χ2v) is 4.10. The van der Waals surface area contributed by atoms with E-state index in [2.05, 4.69) is 0 Å². The third kappa shape index (κ3) is 1.97. The van der Waals surface area contributed by atoms with E-state index in [1.165, 1.54) is 0 Å². The molecule has 0 fully saturated rings. The van der Waals surface area contributed by atoms with Gasteiger partial charge in [-0.2, -0.15) is 0 Å². The normalized spacial score (nSPS) is 12.4. The molecule has 0 amide bonds. The molecule has 16 heavy (non-hydrogen) atoms. The highest BCUT2D eigenvalue weighted by atomic mass is 35.5. The van der Waals surface area contributed by atoms with Crippen molar-refractivity contribution in [2.24, 2.45) is 0 Å². The van der Waals surface area contributed by atoms with Crippen molar-refractivity contribution >= 4 is 11.6 Å². The van der Waals surface area contributed by atoms with Gasteiger partial charge in [0.25, 0.3) is 0 Å². The number of rotatable bonds is 3. The molecular weight excluding hydrogens is 228 g/mol. The standard InChI is InChI=1S/C12H17ClO3/c1-6-9(8(3)14)11(15-4)7(2)10(13)12(6)16-5/h8,14H,1-5H3. The maximum Gasteiger partial charge on any atom is 0.141 e. The van der Waals surface area contributed by atoms with Crippen LogP contribution < -0.4 is 9.47 Å². The molecule has 1 N–H and O–H groups in total. The zero-order chi connectivity index (χ0) is 12.5. The van der Waals surface area contributed by atoms with E-state index in [0.717, 1.165) is 16.7 Å². The van der Waals surface area contributed by atoms with E-state index in [-0.39, 0.29) is 0 Å². The maximum atomic E-state index is 9.77. The molecular formula is C12H17ClO3. The van der Waals surface area contributed by atoms with Crippen molar-refractivity contribution in [3.8, 4) is 11.5 Å². The van der Waals surface area contributed by atoms with Crippen LogP contribution in [0.4, 0.5) is 0 Å². The Balaban J connectivity index is 3.64. The van der Waals surface area contributed by atoms with Crippen molar-refractivity contribution < 1.29 is 14.6 Å². The molecule has 0 radical (unpaired) electrons. The summed E-state index contributed by atoms with van der Waals surface area (Å²) in [6.07, 6.45) is -0.625. The first kappa shape index (κ1) is 13.1. The molecule has 0 aliphatic carbocycles. The smallest absolute Gasteiger partial charge is 0.141 e. The average molecular weight is 245 g/mol. The molecule has 1 atom stereocenters. The molecule has 0 spiro atoms. The Morgan fingerprint density at radius 1 is 1.06 bits per heavy atom. The number of ether oxygens (including phenoxy) is 2. The van der Waals surface area contributed by atoms with Gasteiger partial charge in [0.1, 0.15) is 11.5 Å². The molecule has 0 aromatic heterocycles. The topological polar surface area (TPSA) is 38.7 Å². The second-order valence-electron chi connectivity index (χ2n) is 3.72. The molecule has 1 rings (SSSR count). The Kier molecular flexibility index (Phi) is 4.05. The predicted molar refractivity (Wildman–Crippen MR) is 64.7 cm³/mol. The van der Waals surface area contributed by atoms with Crippen LogP contribution in [-0.2, 0) is 0 Å². The van der Waals surface area contributed by atoms with Crippen LogP contribution in [-0.4, -0.2) is 19.3 Å². The Hall–Kier alpha value is -0.930. The van der Waals surface area contributed by atoms with Crippen molar-refractivity contribution in [1.29, 1.82) is 0 Å². The van der Waals surface area contributed by atoms with E-state index < -0.39 is 6.10 Å². The summed E-state index contributed by atoms with van der Waals surface area (Å²) in [6.45, 7) is 5.39. The second kappa shape index (κ2) is 4.93. The molecule has 1 aromatic carbocycles. The molecule has 0 saturated heterocycles. The number of hydrogen-bond donors (Lipinski definition) is 1. The van der Waals surface area contributed by atoms with Gasteiger partial charge in [-0.15, -0.1) is 0 Å². The van der Waals surface area contributed by atoms with Crippen molar-refractivity contribution in [3.05, 3.63) is 21.7 Å². The Morgan fingerprint density at radius 2 is 1.56 bits per heavy atom. The number of benzene rings is 1. The zero-order valence-electron chi connectivity index (χ0n) is 10.2. The van der Waals surface area contributed by atoms with Gasteiger partial charge in [0.2, 0.25) is 0 Å². The molecule has 3 nitrogen and oxygen atoms in total. The van der Waals surface area contributed by atoms with Crippen LogP contribution in [0.25, 0.3) is 0 Å². The summed E-state index contributed by atoms with van der Waals surface area (Å²) in [7, 11) is 3.13. The molecule has 90 valence electrons. The van der Waals surface area contributed by atoms with Gasteiger partial charge in [0, 0.05) is 16.7 Å². The highest BCUT2D eigenvalue weighted by Gasteiger charge is 2.22. The van der Waals surface area contributed by atoms with Crippen LogP contribution in [0, 0.1) is 13.8 Å². The minimum atomic E-state index is -0.625. The van der Waals surface area contributed by atoms with Crippen LogP contribution in [0.15, 0.2) is 0 Å². The highest BCUT2D eigenvalue weighted by molar-refractivity contribution is 6.33. The fourth-order valence-electron chi connectivity index (χ4n) is 1.94. The van der Waals surface area contributed by atoms with Gasteiger partial charge in [-0.3, -0.25) is 0 Å². The van der Waals surface area contributed by atoms with Gasteiger partial charge in [0.15, 0.2) is 0 Å². The minimum absolute atomic E-state index is 0.529. The fourth-order valence-corrected chi connectivity index (χ4v) is 2.24. The number of methoxy groups -OCH3 is 2. The van der Waals surface area contributed by atoms with Crippen molar-refractivity contribution in [2.45, 2.75) is 26.9 Å². The predicted octanol–water partition coefficient (Wildman–Crippen LogP) is 3.03. The van der Waals surface area contributed by atoms with Gasteiger partial charge in [-0.1, -0.05) is 11.6 Å². The summed E-state index contributed by atoms with van der Waals surface area (Å²) in [5.41, 5.74) is 2.31. The molecule has 1 unspecified atom stereocenters. The fraction of sp³-hybridized carbons (Fsp3) is 0.500. The van der Waals surface area contributed by atoms with Crippen molar-refractivity contribution in [1.82, 2.24) is 0 Å². The first-order chi connectivity index (χ1) is 7.45. The summed E-state index contributed by atoms with van der Waals surface area (Å²) in [5.74, 6) is 1.22. The lowest BCUT2D eigenvalue weighted by atomic mass is 9.98. The van der Waals surface area contributed by atoms with E-state index >= 15 is 0 Å². The Labute approximate surface area is 101 Å². The Bertz CT molecular complexity index is 400. The van der Waals surface area contributed by atoms with Gasteiger partial charge in [-0.25, -0.2) is 0 Å². The third-order valence-electron chi connectivity index (χ3n) is 2.68. The lowest BCUT2D eigenvalue weighted by Gasteiger charge is -2.20. The first-order valence-corrected chi connectivity index (χ1v) is 5.42. The number of aliphatic hydroxyl groups is 1. The van der Waals surface area contributed by atoms with E-state index in [4.69, 9.17) is 21.1 Å². The molecule has 4 heteroatoms. The zero-order valence-corrected chi connectivity index (χ0v) is 11.0. The molecule has 0 heterocycles. The van der Waals surface area contributed by atoms with Crippen LogP contribution in [0.5, 0.6) is 11.5 Å². The number of hydrogen-bond acceptors (Lipinski definition) is 3. The van der Waals surface area contributed by atoms with Crippen molar-refractivity contribution in [3.63, 3.8) is 0 Å². The highest BCUT2D eigenvalue weighted by Crippen LogP contribution is 2.43. The third-order valence-corrected chi connectivity index (χ3v) is 3.14. The average Bonchev–Trinajstić information content (AvgIpc) is 2.23. The summed E-state index contributed by atoms with van der Waals surface area (Å²) in [4.78, 5) is 0. The molecule has 0 saturated carbocycles. The largest absolute Gasteiger partial charge is 0.496 e. The van der Waals surface area contributed by atoms with Crippen LogP contribution in [0.2, 0.25) is 5.02 Å². The Morgan fingerprint density at radius 3 is 1.94 bits per heavy atom. The molecule has 0 aliphatic heterocycles.